The van der Waals surface area contributed by atoms with Crippen LogP contribution in [0.3, 0.4) is 0 Å². The third kappa shape index (κ3) is 4.57. The Hall–Kier alpha value is -3.10. The van der Waals surface area contributed by atoms with Crippen LogP contribution < -0.4 is 15.4 Å². The number of aromatic nitrogens is 2. The molecule has 2 heterocycles. The Bertz CT molecular complexity index is 1190. The number of para-hydroxylation sites is 1. The lowest BCUT2D eigenvalue weighted by atomic mass is 9.47. The SMILES string of the molecule is N#Cc1cnc(NCc2ccccc2OC(F)(F)F)nc1NC[C@]12CC3C[C@H](C1)C1(OCCO1)[C@@H](C3)C2. The minimum absolute atomic E-state index is 0.0225. The maximum atomic E-state index is 12.7. The molecule has 2 aromatic rings. The maximum Gasteiger partial charge on any atom is 0.573 e. The van der Waals surface area contributed by atoms with Gasteiger partial charge in [0, 0.05) is 30.5 Å². The van der Waals surface area contributed by atoms with E-state index in [2.05, 4.69) is 31.4 Å². The van der Waals surface area contributed by atoms with E-state index in [-0.39, 0.29) is 23.7 Å². The van der Waals surface area contributed by atoms with Gasteiger partial charge in [0.25, 0.3) is 0 Å². The summed E-state index contributed by atoms with van der Waals surface area (Å²) in [6, 6.07) is 8.03. The number of rotatable bonds is 7. The number of hydrogen-bond acceptors (Lipinski definition) is 8. The Kier molecular flexibility index (Phi) is 5.92. The van der Waals surface area contributed by atoms with Crippen LogP contribution in [0.1, 0.15) is 43.2 Å². The molecule has 7 rings (SSSR count). The van der Waals surface area contributed by atoms with E-state index >= 15 is 0 Å². The summed E-state index contributed by atoms with van der Waals surface area (Å²) in [7, 11) is 0. The van der Waals surface area contributed by atoms with Crippen molar-refractivity contribution in [3.8, 4) is 11.8 Å². The molecule has 2 N–H and O–H groups in total. The Morgan fingerprint density at radius 3 is 2.51 bits per heavy atom. The second-order valence-corrected chi connectivity index (χ2v) is 10.7. The van der Waals surface area contributed by atoms with Crippen LogP contribution in [0.4, 0.5) is 24.9 Å². The molecule has 4 saturated carbocycles. The lowest BCUT2D eigenvalue weighted by Crippen LogP contribution is -2.62. The Labute approximate surface area is 212 Å². The summed E-state index contributed by atoms with van der Waals surface area (Å²) < 4.78 is 54.7. The summed E-state index contributed by atoms with van der Waals surface area (Å²) in [5.74, 6) is 1.37. The first kappa shape index (κ1) is 24.2. The van der Waals surface area contributed by atoms with Crippen molar-refractivity contribution < 1.29 is 27.4 Å². The molecule has 5 fully saturated rings. The van der Waals surface area contributed by atoms with Gasteiger partial charge in [-0.3, -0.25) is 0 Å². The van der Waals surface area contributed by atoms with E-state index in [0.717, 1.165) is 32.1 Å². The van der Waals surface area contributed by atoms with Crippen molar-refractivity contribution in [2.75, 3.05) is 30.4 Å². The van der Waals surface area contributed by atoms with Crippen molar-refractivity contribution in [2.45, 2.75) is 50.8 Å². The zero-order chi connectivity index (χ0) is 25.7. The number of alkyl halides is 3. The highest BCUT2D eigenvalue weighted by Crippen LogP contribution is 2.65. The summed E-state index contributed by atoms with van der Waals surface area (Å²) in [6.07, 6.45) is 2.08. The molecular formula is C26H28F3N5O3. The van der Waals surface area contributed by atoms with Crippen LogP contribution in [0.15, 0.2) is 30.5 Å². The fraction of sp³-hybridized carbons (Fsp3) is 0.577. The number of nitrogens with one attached hydrogen (secondary N) is 2. The third-order valence-electron chi connectivity index (χ3n) is 8.37. The molecule has 5 aliphatic rings. The lowest BCUT2D eigenvalue weighted by molar-refractivity contribution is -0.301. The van der Waals surface area contributed by atoms with Gasteiger partial charge in [0.2, 0.25) is 5.95 Å². The van der Waals surface area contributed by atoms with Crippen LogP contribution >= 0.6 is 0 Å². The van der Waals surface area contributed by atoms with E-state index < -0.39 is 12.1 Å². The number of anilines is 2. The van der Waals surface area contributed by atoms with E-state index in [1.54, 1.807) is 6.07 Å². The standard InChI is InChI=1S/C26H28F3N5O3/c27-26(28,29)37-21-4-2-1-3-17(21)13-31-23-32-14-18(12-30)22(34-23)33-15-24-9-16-7-19(10-24)25(20(8-16)11-24)35-5-6-36-25/h1-4,14,16,19-20H,5-11,13,15H2,(H2,31,32,33,34)/t16?,19-,20+,24-. The van der Waals surface area contributed by atoms with Crippen LogP contribution in [0.2, 0.25) is 0 Å². The summed E-state index contributed by atoms with van der Waals surface area (Å²) in [5, 5.41) is 16.0. The molecular weight excluding hydrogens is 487 g/mol. The van der Waals surface area contributed by atoms with Crippen molar-refractivity contribution in [2.24, 2.45) is 23.2 Å². The van der Waals surface area contributed by atoms with Crippen LogP contribution in [-0.2, 0) is 16.0 Å². The second-order valence-electron chi connectivity index (χ2n) is 10.7. The van der Waals surface area contributed by atoms with Crippen molar-refractivity contribution in [1.82, 2.24) is 9.97 Å². The third-order valence-corrected chi connectivity index (χ3v) is 8.37. The van der Waals surface area contributed by atoms with Gasteiger partial charge in [-0.05, 0) is 49.5 Å². The van der Waals surface area contributed by atoms with E-state index in [1.165, 1.54) is 24.4 Å². The zero-order valence-electron chi connectivity index (χ0n) is 20.2. The van der Waals surface area contributed by atoms with E-state index in [1.807, 2.05) is 0 Å². The number of halogens is 3. The first-order valence-electron chi connectivity index (χ1n) is 12.6. The largest absolute Gasteiger partial charge is 0.573 e. The molecule has 11 heteroatoms. The quantitative estimate of drug-likeness (QED) is 0.540. The van der Waals surface area contributed by atoms with Gasteiger partial charge in [0.15, 0.2) is 5.79 Å². The molecule has 4 atom stereocenters. The average Bonchev–Trinajstić information content (AvgIpc) is 3.35. The summed E-state index contributed by atoms with van der Waals surface area (Å²) in [4.78, 5) is 8.65. The van der Waals surface area contributed by atoms with Gasteiger partial charge in [-0.2, -0.15) is 10.2 Å². The van der Waals surface area contributed by atoms with Crippen LogP contribution in [0.25, 0.3) is 0 Å². The molecule has 1 aromatic heterocycles. The molecule has 1 unspecified atom stereocenters. The van der Waals surface area contributed by atoms with Crippen molar-refractivity contribution >= 4 is 11.8 Å². The molecule has 1 aromatic carbocycles. The van der Waals surface area contributed by atoms with Gasteiger partial charge < -0.3 is 24.8 Å². The smallest absolute Gasteiger partial charge is 0.405 e. The highest BCUT2D eigenvalue weighted by molar-refractivity contribution is 5.53. The Morgan fingerprint density at radius 1 is 1.08 bits per heavy atom. The lowest BCUT2D eigenvalue weighted by Gasteiger charge is -2.63. The van der Waals surface area contributed by atoms with Crippen LogP contribution in [-0.4, -0.2) is 41.9 Å². The predicted octanol–water partition coefficient (Wildman–Crippen LogP) is 4.84. The molecule has 1 aliphatic heterocycles. The summed E-state index contributed by atoms with van der Waals surface area (Å²) >= 11 is 0. The highest BCUT2D eigenvalue weighted by atomic mass is 19.4. The first-order valence-corrected chi connectivity index (χ1v) is 12.6. The normalized spacial score (nSPS) is 29.3. The second kappa shape index (κ2) is 9.03. The van der Waals surface area contributed by atoms with Crippen LogP contribution in [0.5, 0.6) is 5.75 Å². The summed E-state index contributed by atoms with van der Waals surface area (Å²) in [5.41, 5.74) is 0.715. The van der Waals surface area contributed by atoms with Gasteiger partial charge in [0.1, 0.15) is 23.2 Å². The molecule has 4 aliphatic carbocycles. The molecule has 37 heavy (non-hydrogen) atoms. The predicted molar refractivity (Wildman–Crippen MR) is 126 cm³/mol. The van der Waals surface area contributed by atoms with Crippen molar-refractivity contribution in [3.05, 3.63) is 41.6 Å². The summed E-state index contributed by atoms with van der Waals surface area (Å²) in [6.45, 7) is 2.03. The molecule has 1 saturated heterocycles. The molecule has 1 spiro atoms. The molecule has 8 nitrogen and oxygen atoms in total. The highest BCUT2D eigenvalue weighted by Gasteiger charge is 2.64. The number of nitrogens with zero attached hydrogens (tertiary/aromatic N) is 3. The van der Waals surface area contributed by atoms with Crippen LogP contribution in [0, 0.1) is 34.5 Å². The first-order chi connectivity index (χ1) is 17.8. The number of nitriles is 1. The number of benzene rings is 1. The van der Waals surface area contributed by atoms with E-state index in [9.17, 15) is 18.4 Å². The van der Waals surface area contributed by atoms with E-state index in [4.69, 9.17) is 9.47 Å². The topological polar surface area (TPSA) is 101 Å². The number of ether oxygens (including phenoxy) is 3. The van der Waals surface area contributed by atoms with Gasteiger partial charge in [-0.15, -0.1) is 13.2 Å². The van der Waals surface area contributed by atoms with Gasteiger partial charge in [0.05, 0.1) is 19.4 Å². The fourth-order valence-corrected chi connectivity index (χ4v) is 7.22. The fourth-order valence-electron chi connectivity index (χ4n) is 7.22. The zero-order valence-corrected chi connectivity index (χ0v) is 20.2. The van der Waals surface area contributed by atoms with E-state index in [0.29, 0.717) is 54.5 Å². The van der Waals surface area contributed by atoms with Gasteiger partial charge in [-0.25, -0.2) is 4.98 Å². The molecule has 196 valence electrons. The number of hydrogen-bond donors (Lipinski definition) is 2. The van der Waals surface area contributed by atoms with Gasteiger partial charge >= 0.3 is 6.36 Å². The molecule has 0 radical (unpaired) electrons. The average molecular weight is 516 g/mol. The minimum Gasteiger partial charge on any atom is -0.405 e. The molecule has 0 amide bonds. The monoisotopic (exact) mass is 515 g/mol. The Balaban J connectivity index is 1.15. The Morgan fingerprint density at radius 2 is 1.81 bits per heavy atom. The maximum absolute atomic E-state index is 12.7. The molecule has 4 bridgehead atoms. The minimum atomic E-state index is -4.79. The van der Waals surface area contributed by atoms with Gasteiger partial charge in [-0.1, -0.05) is 18.2 Å². The van der Waals surface area contributed by atoms with Crippen molar-refractivity contribution in [3.63, 3.8) is 0 Å². The van der Waals surface area contributed by atoms with Crippen molar-refractivity contribution in [1.29, 1.82) is 5.26 Å².